The first-order chi connectivity index (χ1) is 24.4. The number of hydrogen-bond acceptors (Lipinski definition) is 5. The van der Waals surface area contributed by atoms with Crippen LogP contribution in [0.2, 0.25) is 0 Å². The van der Waals surface area contributed by atoms with Gasteiger partial charge in [0, 0.05) is 12.8 Å². The van der Waals surface area contributed by atoms with Crippen molar-refractivity contribution in [2.24, 2.45) is 56.7 Å². The van der Waals surface area contributed by atoms with E-state index in [-0.39, 0.29) is 58.3 Å². The maximum absolute atomic E-state index is 14.7. The van der Waals surface area contributed by atoms with Gasteiger partial charge in [-0.15, -0.1) is 0 Å². The second-order valence-corrected chi connectivity index (χ2v) is 19.1. The van der Waals surface area contributed by atoms with Crippen molar-refractivity contribution in [3.63, 3.8) is 0 Å². The number of rotatable bonds is 12. The van der Waals surface area contributed by atoms with Crippen LogP contribution in [0.4, 0.5) is 0 Å². The number of carboxylic acids is 2. The van der Waals surface area contributed by atoms with Crippen LogP contribution >= 0.6 is 0 Å². The minimum Gasteiger partial charge on any atom is -0.494 e. The first-order valence-corrected chi connectivity index (χ1v) is 20.2. The molecule has 0 spiro atoms. The second-order valence-electron chi connectivity index (χ2n) is 19.1. The van der Waals surface area contributed by atoms with E-state index in [1.54, 1.807) is 12.1 Å². The van der Waals surface area contributed by atoms with Gasteiger partial charge in [-0.3, -0.25) is 9.59 Å². The highest BCUT2D eigenvalue weighted by molar-refractivity contribution is 5.88. The molecule has 4 N–H and O–H groups in total. The molecule has 52 heavy (non-hydrogen) atoms. The normalized spacial score (nSPS) is 39.5. The number of aliphatic carboxylic acids is 2. The van der Waals surface area contributed by atoms with Gasteiger partial charge in [-0.05, 0) is 153 Å². The predicted molar refractivity (Wildman–Crippen MR) is 202 cm³/mol. The molecule has 0 saturated heterocycles. The highest BCUT2D eigenvalue weighted by Crippen LogP contribution is 2.77. The summed E-state index contributed by atoms with van der Waals surface area (Å²) in [4.78, 5) is 38.2. The highest BCUT2D eigenvalue weighted by atomic mass is 16.5. The van der Waals surface area contributed by atoms with Crippen molar-refractivity contribution in [3.05, 3.63) is 42.0 Å². The number of aliphatic hydroxyl groups is 1. The lowest BCUT2D eigenvalue weighted by molar-refractivity contribution is -0.246. The van der Waals surface area contributed by atoms with Gasteiger partial charge in [-0.25, -0.2) is 4.79 Å². The monoisotopic (exact) mass is 719 g/mol. The number of ether oxygens (including phenoxy) is 1. The molecule has 6 rings (SSSR count). The molecule has 4 unspecified atom stereocenters. The van der Waals surface area contributed by atoms with E-state index in [1.165, 1.54) is 0 Å². The van der Waals surface area contributed by atoms with Crippen LogP contribution in [0.15, 0.2) is 36.4 Å². The Morgan fingerprint density at radius 2 is 1.58 bits per heavy atom. The molecular formula is C44H65NO7. The Balaban J connectivity index is 1.21. The largest absolute Gasteiger partial charge is 0.494 e. The van der Waals surface area contributed by atoms with E-state index >= 15 is 0 Å². The molecular weight excluding hydrogens is 654 g/mol. The van der Waals surface area contributed by atoms with Crippen molar-refractivity contribution in [2.45, 2.75) is 144 Å². The van der Waals surface area contributed by atoms with Gasteiger partial charge in [0.2, 0.25) is 5.91 Å². The fraction of sp³-hybridized carbons (Fsp3) is 0.750. The van der Waals surface area contributed by atoms with Crippen LogP contribution in [0, 0.1) is 56.7 Å². The summed E-state index contributed by atoms with van der Waals surface area (Å²) in [7, 11) is 0. The Kier molecular flexibility index (Phi) is 10.5. The highest BCUT2D eigenvalue weighted by Gasteiger charge is 2.72. The molecule has 1 aromatic carbocycles. The molecule has 0 heterocycles. The summed E-state index contributed by atoms with van der Waals surface area (Å²) >= 11 is 0. The third kappa shape index (κ3) is 6.30. The van der Waals surface area contributed by atoms with E-state index in [2.05, 4.69) is 53.4 Å². The number of carbonyl (C=O) groups is 3. The van der Waals surface area contributed by atoms with Crippen LogP contribution in [-0.2, 0) is 20.8 Å². The third-order valence-electron chi connectivity index (χ3n) is 16.5. The number of allylic oxidation sites excluding steroid dienone is 1. The Hall–Kier alpha value is -2.87. The van der Waals surface area contributed by atoms with Gasteiger partial charge in [-0.2, -0.15) is 0 Å². The summed E-state index contributed by atoms with van der Waals surface area (Å²) in [6, 6.07) is 6.25. The summed E-state index contributed by atoms with van der Waals surface area (Å²) in [5.41, 5.74) is 1.61. The molecule has 0 radical (unpaired) electrons. The average molecular weight is 720 g/mol. The number of unbranched alkanes of at least 4 members (excludes halogenated alkanes) is 1. The molecule has 11 atom stereocenters. The van der Waals surface area contributed by atoms with Gasteiger partial charge in [-0.1, -0.05) is 58.9 Å². The summed E-state index contributed by atoms with van der Waals surface area (Å²) in [6.07, 6.45) is 11.1. The van der Waals surface area contributed by atoms with Crippen LogP contribution in [0.25, 0.3) is 0 Å². The molecule has 5 fully saturated rings. The molecule has 5 aliphatic carbocycles. The van der Waals surface area contributed by atoms with E-state index < -0.39 is 23.4 Å². The standard InChI is InChI=1S/C44H65NO7/c1-27(2)30-17-22-44(39(51)45-32(38(49)50)26-28-11-13-29(14-12-28)52-25-9-8-10-36(47)48)24-23-42(6)31(37(30)44)15-16-34-41(5)20-19-35(46)40(3,4)33(41)18-21-43(34,42)7/h11-14,30-35,37,46H,1,8-10,15-26H2,2-7H3,(H,45,51)(H,47,48)(H,49,50)/t30-,31?,32-,33?,34?,35-,37?,41-,42+,43+,44-/m0/s1. The summed E-state index contributed by atoms with van der Waals surface area (Å²) in [5, 5.41) is 33.4. The topological polar surface area (TPSA) is 133 Å². The molecule has 288 valence electrons. The summed E-state index contributed by atoms with van der Waals surface area (Å²) < 4.78 is 5.76. The molecule has 8 nitrogen and oxygen atoms in total. The Labute approximate surface area is 311 Å². The number of fused-ring (bicyclic) bond motifs is 7. The number of carbonyl (C=O) groups excluding carboxylic acids is 1. The van der Waals surface area contributed by atoms with Gasteiger partial charge >= 0.3 is 11.9 Å². The summed E-state index contributed by atoms with van der Waals surface area (Å²) in [6.45, 7) is 19.3. The molecule has 8 heteroatoms. The molecule has 0 bridgehead atoms. The van der Waals surface area contributed by atoms with Crippen LogP contribution in [-0.4, -0.2) is 51.9 Å². The van der Waals surface area contributed by atoms with E-state index in [9.17, 15) is 24.6 Å². The fourth-order valence-corrected chi connectivity index (χ4v) is 13.6. The molecule has 5 aliphatic rings. The van der Waals surface area contributed by atoms with Crippen LogP contribution in [0.5, 0.6) is 5.75 Å². The number of aliphatic hydroxyl groups excluding tert-OH is 1. The maximum atomic E-state index is 14.7. The molecule has 1 aromatic rings. The predicted octanol–water partition coefficient (Wildman–Crippen LogP) is 8.45. The van der Waals surface area contributed by atoms with Gasteiger partial charge in [0.15, 0.2) is 0 Å². The lowest BCUT2D eigenvalue weighted by atomic mass is 9.32. The lowest BCUT2D eigenvalue weighted by Crippen LogP contribution is -2.67. The first kappa shape index (κ1) is 38.8. The van der Waals surface area contributed by atoms with Gasteiger partial charge in [0.25, 0.3) is 0 Å². The molecule has 0 aliphatic heterocycles. The Morgan fingerprint density at radius 3 is 2.23 bits per heavy atom. The van der Waals surface area contributed by atoms with E-state index in [1.807, 2.05) is 12.1 Å². The van der Waals surface area contributed by atoms with Crippen molar-refractivity contribution < 1.29 is 34.4 Å². The second kappa shape index (κ2) is 14.1. The van der Waals surface area contributed by atoms with Crippen LogP contribution in [0.3, 0.4) is 0 Å². The minimum absolute atomic E-state index is 0.0584. The third-order valence-corrected chi connectivity index (χ3v) is 16.5. The fourth-order valence-electron chi connectivity index (χ4n) is 13.6. The number of benzene rings is 1. The van der Waals surface area contributed by atoms with Crippen molar-refractivity contribution in [3.8, 4) is 5.75 Å². The molecule has 1 amide bonds. The van der Waals surface area contributed by atoms with E-state index in [0.29, 0.717) is 43.0 Å². The average Bonchev–Trinajstić information content (AvgIpc) is 3.48. The van der Waals surface area contributed by atoms with E-state index in [0.717, 1.165) is 75.3 Å². The van der Waals surface area contributed by atoms with Gasteiger partial charge in [0.05, 0.1) is 18.1 Å². The van der Waals surface area contributed by atoms with Gasteiger partial charge in [0.1, 0.15) is 11.8 Å². The van der Waals surface area contributed by atoms with Gasteiger partial charge < -0.3 is 25.4 Å². The number of carboxylic acid groups (broad SMARTS) is 2. The Bertz CT molecular complexity index is 1540. The number of hydrogen-bond donors (Lipinski definition) is 4. The molecule has 0 aromatic heterocycles. The Morgan fingerprint density at radius 1 is 0.865 bits per heavy atom. The zero-order valence-electron chi connectivity index (χ0n) is 32.6. The van der Waals surface area contributed by atoms with E-state index in [4.69, 9.17) is 9.84 Å². The summed E-state index contributed by atoms with van der Waals surface area (Å²) in [5.74, 6) is 0.514. The maximum Gasteiger partial charge on any atom is 0.326 e. The van der Waals surface area contributed by atoms with Crippen molar-refractivity contribution in [1.29, 1.82) is 0 Å². The van der Waals surface area contributed by atoms with Crippen LogP contribution in [0.1, 0.15) is 131 Å². The van der Waals surface area contributed by atoms with Crippen molar-refractivity contribution in [2.75, 3.05) is 6.61 Å². The quantitative estimate of drug-likeness (QED) is 0.126. The molecule has 5 saturated carbocycles. The SMILES string of the molecule is C=C(C)[C@@H]1CC[C@]2(C(=O)N[C@@H](Cc3ccc(OCCCCC(=O)O)cc3)C(=O)O)CC[C@]3(C)C(CCC4[C@@]5(C)CC[C@H](O)C(C)(C)C5CC[C@]43C)C12. The minimum atomic E-state index is -1.05. The van der Waals surface area contributed by atoms with Crippen LogP contribution < -0.4 is 10.1 Å². The first-order valence-electron chi connectivity index (χ1n) is 20.2. The zero-order chi connectivity index (χ0) is 37.9. The lowest BCUT2D eigenvalue weighted by Gasteiger charge is -2.72. The smallest absolute Gasteiger partial charge is 0.326 e. The van der Waals surface area contributed by atoms with Crippen molar-refractivity contribution >= 4 is 17.8 Å². The number of amides is 1. The zero-order valence-corrected chi connectivity index (χ0v) is 32.6. The number of nitrogens with one attached hydrogen (secondary N) is 1. The van der Waals surface area contributed by atoms with Crippen molar-refractivity contribution in [1.82, 2.24) is 5.32 Å².